The van der Waals surface area contributed by atoms with Crippen molar-refractivity contribution in [3.05, 3.63) is 65.7 Å². The van der Waals surface area contributed by atoms with E-state index in [2.05, 4.69) is 11.9 Å². The van der Waals surface area contributed by atoms with Crippen molar-refractivity contribution in [2.75, 3.05) is 6.54 Å². The summed E-state index contributed by atoms with van der Waals surface area (Å²) in [4.78, 5) is 0. The van der Waals surface area contributed by atoms with E-state index in [-0.39, 0.29) is 0 Å². The molecule has 0 saturated carbocycles. The minimum absolute atomic E-state index is 0.580. The molecule has 2 aromatic rings. The minimum atomic E-state index is -4.32. The molecule has 0 fully saturated rings. The number of benzene rings is 2. The zero-order chi connectivity index (χ0) is 15.0. The average Bonchev–Trinajstić information content (AvgIpc) is 2.46. The van der Waals surface area contributed by atoms with Gasteiger partial charge < -0.3 is 5.32 Å². The fourth-order valence-electron chi connectivity index (χ4n) is 2.59. The van der Waals surface area contributed by atoms with Gasteiger partial charge in [0.1, 0.15) is 0 Å². The summed E-state index contributed by atoms with van der Waals surface area (Å²) < 4.78 is 38.4. The van der Waals surface area contributed by atoms with Gasteiger partial charge in [-0.3, -0.25) is 0 Å². The normalized spacial score (nSPS) is 14.5. The van der Waals surface area contributed by atoms with Crippen molar-refractivity contribution < 1.29 is 13.2 Å². The highest BCUT2D eigenvalue weighted by atomic mass is 19.4. The molecule has 0 aliphatic carbocycles. The van der Waals surface area contributed by atoms with Crippen LogP contribution in [0.2, 0.25) is 0 Å². The van der Waals surface area contributed by atoms with E-state index in [9.17, 15) is 13.2 Å². The smallest absolute Gasteiger partial charge is 0.385 e. The van der Waals surface area contributed by atoms with Crippen molar-refractivity contribution in [3.8, 4) is 11.1 Å². The Bertz CT molecular complexity index is 701. The van der Waals surface area contributed by atoms with Gasteiger partial charge >= 0.3 is 6.18 Å². The molecule has 0 unspecified atom stereocenters. The van der Waals surface area contributed by atoms with Crippen LogP contribution in [0.3, 0.4) is 0 Å². The van der Waals surface area contributed by atoms with Crippen LogP contribution < -0.4 is 5.32 Å². The molecule has 1 heterocycles. The molecule has 0 spiro atoms. The van der Waals surface area contributed by atoms with Crippen molar-refractivity contribution in [2.45, 2.75) is 12.6 Å². The summed E-state index contributed by atoms with van der Waals surface area (Å²) >= 11 is 0. The maximum absolute atomic E-state index is 12.8. The monoisotopic (exact) mass is 289 g/mol. The first kappa shape index (κ1) is 13.7. The topological polar surface area (TPSA) is 12.0 Å². The van der Waals surface area contributed by atoms with Crippen molar-refractivity contribution in [2.24, 2.45) is 0 Å². The van der Waals surface area contributed by atoms with Crippen molar-refractivity contribution in [3.63, 3.8) is 0 Å². The molecular formula is C17H14F3N. The summed E-state index contributed by atoms with van der Waals surface area (Å²) in [6.07, 6.45) is -3.47. The predicted molar refractivity (Wildman–Crippen MR) is 77.6 cm³/mol. The first-order chi connectivity index (χ1) is 9.95. The van der Waals surface area contributed by atoms with Crippen LogP contribution in [0.5, 0.6) is 0 Å². The summed E-state index contributed by atoms with van der Waals surface area (Å²) in [5, 5.41) is 3.18. The van der Waals surface area contributed by atoms with E-state index < -0.39 is 11.7 Å². The zero-order valence-corrected chi connectivity index (χ0v) is 11.3. The lowest BCUT2D eigenvalue weighted by Crippen LogP contribution is -2.21. The molecule has 1 aliphatic rings. The first-order valence-corrected chi connectivity index (χ1v) is 6.69. The third kappa shape index (κ3) is 2.66. The Labute approximate surface area is 121 Å². The maximum Gasteiger partial charge on any atom is 0.416 e. The van der Waals surface area contributed by atoms with Crippen LogP contribution in [-0.4, -0.2) is 6.54 Å². The molecule has 0 bridgehead atoms. The van der Waals surface area contributed by atoms with Crippen LogP contribution in [0.15, 0.2) is 49.0 Å². The van der Waals surface area contributed by atoms with Gasteiger partial charge in [0.25, 0.3) is 0 Å². The van der Waals surface area contributed by atoms with Crippen LogP contribution in [-0.2, 0) is 12.6 Å². The van der Waals surface area contributed by atoms with Gasteiger partial charge in [-0.15, -0.1) is 0 Å². The van der Waals surface area contributed by atoms with Crippen LogP contribution in [0.4, 0.5) is 13.2 Å². The molecule has 3 rings (SSSR count). The van der Waals surface area contributed by atoms with E-state index in [1.165, 1.54) is 12.1 Å². The van der Waals surface area contributed by atoms with Crippen LogP contribution >= 0.6 is 0 Å². The molecule has 0 aromatic heterocycles. The second-order valence-electron chi connectivity index (χ2n) is 5.11. The molecule has 2 aromatic carbocycles. The van der Waals surface area contributed by atoms with Crippen LogP contribution in [0.25, 0.3) is 16.8 Å². The van der Waals surface area contributed by atoms with Gasteiger partial charge in [-0.1, -0.05) is 36.9 Å². The molecule has 0 radical (unpaired) electrons. The average molecular weight is 289 g/mol. The van der Waals surface area contributed by atoms with Crippen molar-refractivity contribution >= 4 is 5.70 Å². The number of hydrogen-bond donors (Lipinski definition) is 1. The molecule has 4 heteroatoms. The summed E-state index contributed by atoms with van der Waals surface area (Å²) in [7, 11) is 0. The minimum Gasteiger partial charge on any atom is -0.385 e. The standard InChI is InChI=1S/C17H14F3N/c1-11-16-6-5-13(9-14(16)7-8-21-11)12-3-2-4-15(10-12)17(18,19)20/h2-6,9-10,21H,1,7-8H2. The number of nitrogens with one attached hydrogen (secondary N) is 1. The predicted octanol–water partition coefficient (Wildman–Crippen LogP) is 4.49. The number of fused-ring (bicyclic) bond motifs is 1. The van der Waals surface area contributed by atoms with Gasteiger partial charge in [0, 0.05) is 17.8 Å². The largest absolute Gasteiger partial charge is 0.416 e. The number of hydrogen-bond acceptors (Lipinski definition) is 1. The molecule has 1 aliphatic heterocycles. The highest BCUT2D eigenvalue weighted by molar-refractivity contribution is 5.73. The highest BCUT2D eigenvalue weighted by Crippen LogP contribution is 2.33. The SMILES string of the molecule is C=C1NCCc2cc(-c3cccc(C(F)(F)F)c3)ccc21. The lowest BCUT2D eigenvalue weighted by Gasteiger charge is -2.21. The van der Waals surface area contributed by atoms with E-state index >= 15 is 0 Å². The second kappa shape index (κ2) is 4.95. The first-order valence-electron chi connectivity index (χ1n) is 6.69. The van der Waals surface area contributed by atoms with Gasteiger partial charge in [-0.25, -0.2) is 0 Å². The van der Waals surface area contributed by atoms with Crippen molar-refractivity contribution in [1.29, 1.82) is 0 Å². The number of halogens is 3. The third-order valence-corrected chi connectivity index (χ3v) is 3.69. The molecule has 0 atom stereocenters. The molecule has 0 amide bonds. The molecule has 0 saturated heterocycles. The van der Waals surface area contributed by atoms with Crippen molar-refractivity contribution in [1.82, 2.24) is 5.32 Å². The summed E-state index contributed by atoms with van der Waals surface area (Å²) in [5.41, 5.74) is 3.78. The lowest BCUT2D eigenvalue weighted by molar-refractivity contribution is -0.137. The van der Waals surface area contributed by atoms with E-state index in [0.717, 1.165) is 41.4 Å². The fraction of sp³-hybridized carbons (Fsp3) is 0.176. The quantitative estimate of drug-likeness (QED) is 0.815. The number of rotatable bonds is 1. The fourth-order valence-corrected chi connectivity index (χ4v) is 2.59. The van der Waals surface area contributed by atoms with E-state index in [1.54, 1.807) is 6.07 Å². The second-order valence-corrected chi connectivity index (χ2v) is 5.11. The molecular weight excluding hydrogens is 275 g/mol. The third-order valence-electron chi connectivity index (χ3n) is 3.69. The van der Waals surface area contributed by atoms with E-state index in [1.807, 2.05) is 18.2 Å². The van der Waals surface area contributed by atoms with Crippen LogP contribution in [0.1, 0.15) is 16.7 Å². The van der Waals surface area contributed by atoms with Gasteiger partial charge in [-0.05, 0) is 35.2 Å². The summed E-state index contributed by atoms with van der Waals surface area (Å²) in [6.45, 7) is 4.75. The highest BCUT2D eigenvalue weighted by Gasteiger charge is 2.30. The summed E-state index contributed by atoms with van der Waals surface area (Å²) in [5.74, 6) is 0. The Morgan fingerprint density at radius 2 is 1.76 bits per heavy atom. The maximum atomic E-state index is 12.8. The van der Waals surface area contributed by atoms with Gasteiger partial charge in [0.2, 0.25) is 0 Å². The van der Waals surface area contributed by atoms with Gasteiger partial charge in [0.05, 0.1) is 5.56 Å². The van der Waals surface area contributed by atoms with E-state index in [4.69, 9.17) is 0 Å². The Morgan fingerprint density at radius 3 is 2.52 bits per heavy atom. The molecule has 108 valence electrons. The zero-order valence-electron chi connectivity index (χ0n) is 11.3. The molecule has 1 nitrogen and oxygen atoms in total. The Kier molecular flexibility index (Phi) is 3.24. The molecule has 1 N–H and O–H groups in total. The lowest BCUT2D eigenvalue weighted by atomic mass is 9.93. The molecule has 21 heavy (non-hydrogen) atoms. The van der Waals surface area contributed by atoms with Crippen LogP contribution in [0, 0.1) is 0 Å². The Balaban J connectivity index is 2.03. The van der Waals surface area contributed by atoms with Gasteiger partial charge in [-0.2, -0.15) is 13.2 Å². The summed E-state index contributed by atoms with van der Waals surface area (Å²) in [6, 6.07) is 11.1. The number of alkyl halides is 3. The van der Waals surface area contributed by atoms with Gasteiger partial charge in [0.15, 0.2) is 0 Å². The van der Waals surface area contributed by atoms with E-state index in [0.29, 0.717) is 5.56 Å². The Hall–Kier alpha value is -2.23. The Morgan fingerprint density at radius 1 is 1.00 bits per heavy atom.